The van der Waals surface area contributed by atoms with Crippen molar-refractivity contribution in [1.29, 1.82) is 0 Å². The molecule has 0 spiro atoms. The Bertz CT molecular complexity index is 656. The van der Waals surface area contributed by atoms with Gasteiger partial charge in [-0.2, -0.15) is 0 Å². The van der Waals surface area contributed by atoms with Gasteiger partial charge in [0.1, 0.15) is 5.75 Å². The highest BCUT2D eigenvalue weighted by atomic mass is 16.5. The van der Waals surface area contributed by atoms with Crippen molar-refractivity contribution < 1.29 is 9.53 Å². The first-order valence-electron chi connectivity index (χ1n) is 8.78. The standard InChI is InChI=1S/C21H28N2O2/c1-17(2)23(16-18-9-5-4-6-10-18)21(24)13-14-22-15-19-11-7-8-12-20(19)25-3/h4-12,17,22H,13-16H2,1-3H3. The van der Waals surface area contributed by atoms with E-state index in [1.54, 1.807) is 7.11 Å². The van der Waals surface area contributed by atoms with Crippen LogP contribution >= 0.6 is 0 Å². The third-order valence-electron chi connectivity index (χ3n) is 4.16. The van der Waals surface area contributed by atoms with Gasteiger partial charge in [-0.15, -0.1) is 0 Å². The van der Waals surface area contributed by atoms with E-state index < -0.39 is 0 Å². The van der Waals surface area contributed by atoms with Crippen LogP contribution in [0.15, 0.2) is 54.6 Å². The van der Waals surface area contributed by atoms with Crippen LogP contribution in [0.3, 0.4) is 0 Å². The molecular weight excluding hydrogens is 312 g/mol. The Kier molecular flexibility index (Phi) is 7.48. The summed E-state index contributed by atoms with van der Waals surface area (Å²) in [7, 11) is 1.67. The van der Waals surface area contributed by atoms with E-state index in [1.807, 2.05) is 47.4 Å². The van der Waals surface area contributed by atoms with Gasteiger partial charge in [0.25, 0.3) is 0 Å². The van der Waals surface area contributed by atoms with Gasteiger partial charge in [-0.3, -0.25) is 4.79 Å². The van der Waals surface area contributed by atoms with E-state index in [0.29, 0.717) is 26.1 Å². The Labute approximate surface area is 150 Å². The van der Waals surface area contributed by atoms with Crippen LogP contribution < -0.4 is 10.1 Å². The van der Waals surface area contributed by atoms with Crippen molar-refractivity contribution in [2.45, 2.75) is 39.4 Å². The predicted octanol–water partition coefficient (Wildman–Crippen LogP) is 3.61. The Morgan fingerprint density at radius 2 is 1.76 bits per heavy atom. The monoisotopic (exact) mass is 340 g/mol. The number of hydrogen-bond donors (Lipinski definition) is 1. The Morgan fingerprint density at radius 3 is 2.44 bits per heavy atom. The Balaban J connectivity index is 1.83. The largest absolute Gasteiger partial charge is 0.496 e. The van der Waals surface area contributed by atoms with Gasteiger partial charge >= 0.3 is 0 Å². The van der Waals surface area contributed by atoms with E-state index in [2.05, 4.69) is 31.3 Å². The smallest absolute Gasteiger partial charge is 0.224 e. The summed E-state index contributed by atoms with van der Waals surface area (Å²) in [5.41, 5.74) is 2.26. The molecule has 0 saturated heterocycles. The molecule has 0 fully saturated rings. The average Bonchev–Trinajstić information content (AvgIpc) is 2.64. The summed E-state index contributed by atoms with van der Waals surface area (Å²) in [5.74, 6) is 1.04. The molecule has 4 nitrogen and oxygen atoms in total. The van der Waals surface area contributed by atoms with Crippen LogP contribution in [0.4, 0.5) is 0 Å². The fourth-order valence-electron chi connectivity index (χ4n) is 2.75. The average molecular weight is 340 g/mol. The molecule has 1 N–H and O–H groups in total. The predicted molar refractivity (Wildman–Crippen MR) is 101 cm³/mol. The minimum absolute atomic E-state index is 0.173. The molecule has 1 amide bonds. The molecule has 0 aromatic heterocycles. The quantitative estimate of drug-likeness (QED) is 0.709. The van der Waals surface area contributed by atoms with Crippen molar-refractivity contribution in [1.82, 2.24) is 10.2 Å². The van der Waals surface area contributed by atoms with Crippen molar-refractivity contribution in [2.24, 2.45) is 0 Å². The number of benzene rings is 2. The molecule has 134 valence electrons. The number of para-hydroxylation sites is 1. The van der Waals surface area contributed by atoms with Gasteiger partial charge in [-0.1, -0.05) is 48.5 Å². The third-order valence-corrected chi connectivity index (χ3v) is 4.16. The number of methoxy groups -OCH3 is 1. The van der Waals surface area contributed by atoms with Crippen LogP contribution in [0.2, 0.25) is 0 Å². The molecular formula is C21H28N2O2. The fraction of sp³-hybridized carbons (Fsp3) is 0.381. The minimum Gasteiger partial charge on any atom is -0.496 e. The van der Waals surface area contributed by atoms with Crippen LogP contribution in [0, 0.1) is 0 Å². The molecule has 2 aromatic carbocycles. The second-order valence-corrected chi connectivity index (χ2v) is 6.34. The van der Waals surface area contributed by atoms with Crippen LogP contribution in [-0.4, -0.2) is 30.5 Å². The number of rotatable bonds is 9. The summed E-state index contributed by atoms with van der Waals surface area (Å²) < 4.78 is 5.34. The van der Waals surface area contributed by atoms with E-state index in [0.717, 1.165) is 16.9 Å². The Hall–Kier alpha value is -2.33. The molecule has 0 heterocycles. The van der Waals surface area contributed by atoms with Gasteiger partial charge in [0.15, 0.2) is 0 Å². The zero-order chi connectivity index (χ0) is 18.1. The molecule has 0 bridgehead atoms. The first-order chi connectivity index (χ1) is 12.1. The van der Waals surface area contributed by atoms with Crippen molar-refractivity contribution in [3.05, 3.63) is 65.7 Å². The van der Waals surface area contributed by atoms with Crippen LogP contribution in [0.5, 0.6) is 5.75 Å². The fourth-order valence-corrected chi connectivity index (χ4v) is 2.75. The highest BCUT2D eigenvalue weighted by molar-refractivity contribution is 5.76. The van der Waals surface area contributed by atoms with Crippen LogP contribution in [0.25, 0.3) is 0 Å². The lowest BCUT2D eigenvalue weighted by molar-refractivity contribution is -0.133. The minimum atomic E-state index is 0.173. The Morgan fingerprint density at radius 1 is 1.08 bits per heavy atom. The molecule has 0 aliphatic rings. The van der Waals surface area contributed by atoms with Gasteiger partial charge in [0, 0.05) is 37.7 Å². The van der Waals surface area contributed by atoms with E-state index in [-0.39, 0.29) is 11.9 Å². The van der Waals surface area contributed by atoms with E-state index in [9.17, 15) is 4.79 Å². The molecule has 0 aliphatic heterocycles. The number of carbonyl (C=O) groups excluding carboxylic acids is 1. The highest BCUT2D eigenvalue weighted by Crippen LogP contribution is 2.16. The van der Waals surface area contributed by atoms with Crippen molar-refractivity contribution >= 4 is 5.91 Å². The van der Waals surface area contributed by atoms with Crippen LogP contribution in [0.1, 0.15) is 31.4 Å². The van der Waals surface area contributed by atoms with Gasteiger partial charge in [0.2, 0.25) is 5.91 Å². The summed E-state index contributed by atoms with van der Waals surface area (Å²) >= 11 is 0. The van der Waals surface area contributed by atoms with Gasteiger partial charge in [-0.25, -0.2) is 0 Å². The number of nitrogens with one attached hydrogen (secondary N) is 1. The lowest BCUT2D eigenvalue weighted by Crippen LogP contribution is -2.37. The molecule has 25 heavy (non-hydrogen) atoms. The normalized spacial score (nSPS) is 10.7. The molecule has 0 unspecified atom stereocenters. The number of nitrogens with zero attached hydrogens (tertiary/aromatic N) is 1. The maximum atomic E-state index is 12.6. The summed E-state index contributed by atoms with van der Waals surface area (Å²) in [4.78, 5) is 14.5. The molecule has 0 aliphatic carbocycles. The number of hydrogen-bond acceptors (Lipinski definition) is 3. The van der Waals surface area contributed by atoms with E-state index >= 15 is 0 Å². The first kappa shape index (κ1) is 19.0. The SMILES string of the molecule is COc1ccccc1CNCCC(=O)N(Cc1ccccc1)C(C)C. The summed E-state index contributed by atoms with van der Waals surface area (Å²) in [6.07, 6.45) is 0.486. The topological polar surface area (TPSA) is 41.6 Å². The number of carbonyl (C=O) groups is 1. The molecule has 0 radical (unpaired) electrons. The molecule has 0 saturated carbocycles. The summed E-state index contributed by atoms with van der Waals surface area (Å²) in [5, 5.41) is 3.34. The molecule has 4 heteroatoms. The lowest BCUT2D eigenvalue weighted by Gasteiger charge is -2.27. The molecule has 2 rings (SSSR count). The van der Waals surface area contributed by atoms with E-state index in [4.69, 9.17) is 4.74 Å². The maximum absolute atomic E-state index is 12.6. The first-order valence-corrected chi connectivity index (χ1v) is 8.78. The second-order valence-electron chi connectivity index (χ2n) is 6.34. The zero-order valence-corrected chi connectivity index (χ0v) is 15.4. The highest BCUT2D eigenvalue weighted by Gasteiger charge is 2.16. The van der Waals surface area contributed by atoms with E-state index in [1.165, 1.54) is 0 Å². The van der Waals surface area contributed by atoms with Gasteiger partial charge in [-0.05, 0) is 25.5 Å². The number of ether oxygens (including phenoxy) is 1. The second kappa shape index (κ2) is 9.84. The molecule has 2 aromatic rings. The summed E-state index contributed by atoms with van der Waals surface area (Å²) in [6, 6.07) is 18.2. The summed E-state index contributed by atoms with van der Waals surface area (Å²) in [6.45, 7) is 6.11. The lowest BCUT2D eigenvalue weighted by atomic mass is 10.1. The van der Waals surface area contributed by atoms with Crippen molar-refractivity contribution in [3.8, 4) is 5.75 Å². The van der Waals surface area contributed by atoms with Crippen molar-refractivity contribution in [3.63, 3.8) is 0 Å². The molecule has 0 atom stereocenters. The maximum Gasteiger partial charge on any atom is 0.224 e. The number of amides is 1. The third kappa shape index (κ3) is 5.91. The van der Waals surface area contributed by atoms with Gasteiger partial charge in [0.05, 0.1) is 7.11 Å². The van der Waals surface area contributed by atoms with Gasteiger partial charge < -0.3 is 15.0 Å². The van der Waals surface area contributed by atoms with Crippen LogP contribution in [-0.2, 0) is 17.9 Å². The van der Waals surface area contributed by atoms with Crippen molar-refractivity contribution in [2.75, 3.05) is 13.7 Å². The zero-order valence-electron chi connectivity index (χ0n) is 15.4.